The highest BCUT2D eigenvalue weighted by molar-refractivity contribution is 7.13. The lowest BCUT2D eigenvalue weighted by molar-refractivity contribution is 0.186. The SMILES string of the molecule is C[C@H](CNC(=O)Nc1nncs1)N1CCc2ccccc2C1. The Hall–Kier alpha value is -1.99. The van der Waals surface area contributed by atoms with Crippen molar-refractivity contribution in [3.05, 3.63) is 40.9 Å². The number of nitrogens with zero attached hydrogens (tertiary/aromatic N) is 3. The van der Waals surface area contributed by atoms with Crippen LogP contribution in [0.4, 0.5) is 9.93 Å². The smallest absolute Gasteiger partial charge is 0.321 e. The Kier molecular flexibility index (Phi) is 4.65. The molecule has 0 spiro atoms. The molecule has 7 heteroatoms. The lowest BCUT2D eigenvalue weighted by atomic mass is 9.99. The molecule has 6 nitrogen and oxygen atoms in total. The van der Waals surface area contributed by atoms with Crippen LogP contribution in [0.5, 0.6) is 0 Å². The summed E-state index contributed by atoms with van der Waals surface area (Å²) in [7, 11) is 0. The third kappa shape index (κ3) is 3.61. The van der Waals surface area contributed by atoms with Crippen LogP contribution in [0, 0.1) is 0 Å². The minimum atomic E-state index is -0.235. The Morgan fingerprint density at radius 1 is 1.41 bits per heavy atom. The molecular formula is C15H19N5OS. The molecule has 1 atom stereocenters. The summed E-state index contributed by atoms with van der Waals surface area (Å²) in [5, 5.41) is 13.5. The van der Waals surface area contributed by atoms with E-state index in [0.717, 1.165) is 19.5 Å². The van der Waals surface area contributed by atoms with Crippen molar-refractivity contribution in [2.24, 2.45) is 0 Å². The highest BCUT2D eigenvalue weighted by Crippen LogP contribution is 2.19. The van der Waals surface area contributed by atoms with Gasteiger partial charge in [0.25, 0.3) is 0 Å². The summed E-state index contributed by atoms with van der Waals surface area (Å²) in [5.41, 5.74) is 4.41. The molecule has 22 heavy (non-hydrogen) atoms. The molecule has 1 aliphatic rings. The maximum atomic E-state index is 11.8. The van der Waals surface area contributed by atoms with Gasteiger partial charge in [-0.05, 0) is 24.5 Å². The summed E-state index contributed by atoms with van der Waals surface area (Å²) in [5.74, 6) is 0. The highest BCUT2D eigenvalue weighted by atomic mass is 32.1. The zero-order chi connectivity index (χ0) is 15.4. The lowest BCUT2D eigenvalue weighted by Gasteiger charge is -2.33. The van der Waals surface area contributed by atoms with E-state index < -0.39 is 0 Å². The van der Waals surface area contributed by atoms with Crippen LogP contribution >= 0.6 is 11.3 Å². The minimum absolute atomic E-state index is 0.235. The van der Waals surface area contributed by atoms with Crippen LogP contribution in [0.1, 0.15) is 18.1 Å². The van der Waals surface area contributed by atoms with Crippen molar-refractivity contribution in [1.29, 1.82) is 0 Å². The van der Waals surface area contributed by atoms with Gasteiger partial charge in [-0.3, -0.25) is 10.2 Å². The quantitative estimate of drug-likeness (QED) is 0.906. The molecule has 0 fully saturated rings. The second kappa shape index (κ2) is 6.85. The Labute approximate surface area is 133 Å². The van der Waals surface area contributed by atoms with Gasteiger partial charge in [0, 0.05) is 25.7 Å². The van der Waals surface area contributed by atoms with Crippen LogP contribution in [0.3, 0.4) is 0 Å². The third-order valence-electron chi connectivity index (χ3n) is 3.92. The van der Waals surface area contributed by atoms with Gasteiger partial charge >= 0.3 is 6.03 Å². The fourth-order valence-electron chi connectivity index (χ4n) is 2.63. The van der Waals surface area contributed by atoms with E-state index in [1.165, 1.54) is 22.5 Å². The number of anilines is 1. The number of hydrogen-bond donors (Lipinski definition) is 2. The minimum Gasteiger partial charge on any atom is -0.336 e. The average Bonchev–Trinajstić information content (AvgIpc) is 3.05. The molecule has 1 aromatic carbocycles. The van der Waals surface area contributed by atoms with Gasteiger partial charge in [0.15, 0.2) is 0 Å². The number of aromatic nitrogens is 2. The predicted octanol–water partition coefficient (Wildman–Crippen LogP) is 2.11. The number of amides is 2. The number of carbonyl (C=O) groups excluding carboxylic acids is 1. The number of nitrogens with one attached hydrogen (secondary N) is 2. The van der Waals surface area contributed by atoms with E-state index in [1.807, 2.05) is 0 Å². The van der Waals surface area contributed by atoms with Crippen molar-refractivity contribution in [2.45, 2.75) is 25.9 Å². The molecule has 0 unspecified atom stereocenters. The Bertz CT molecular complexity index is 631. The van der Waals surface area contributed by atoms with Crippen molar-refractivity contribution in [3.63, 3.8) is 0 Å². The maximum absolute atomic E-state index is 11.8. The number of urea groups is 1. The third-order valence-corrected chi connectivity index (χ3v) is 4.53. The van der Waals surface area contributed by atoms with Gasteiger partial charge in [0.1, 0.15) is 5.51 Å². The first-order valence-corrected chi connectivity index (χ1v) is 8.22. The largest absolute Gasteiger partial charge is 0.336 e. The first-order valence-electron chi connectivity index (χ1n) is 7.34. The summed E-state index contributed by atoms with van der Waals surface area (Å²) >= 11 is 1.30. The number of hydrogen-bond acceptors (Lipinski definition) is 5. The molecule has 0 saturated heterocycles. The molecule has 3 rings (SSSR count). The zero-order valence-electron chi connectivity index (χ0n) is 12.5. The molecule has 2 heterocycles. The first kappa shape index (κ1) is 14.9. The van der Waals surface area contributed by atoms with Crippen LogP contribution in [-0.4, -0.2) is 40.3 Å². The summed E-state index contributed by atoms with van der Waals surface area (Å²) in [6.45, 7) is 4.71. The van der Waals surface area contributed by atoms with E-state index in [2.05, 4.69) is 56.9 Å². The average molecular weight is 317 g/mol. The van der Waals surface area contributed by atoms with E-state index in [-0.39, 0.29) is 12.1 Å². The second-order valence-electron chi connectivity index (χ2n) is 5.42. The van der Waals surface area contributed by atoms with E-state index in [9.17, 15) is 4.79 Å². The van der Waals surface area contributed by atoms with E-state index >= 15 is 0 Å². The molecule has 0 saturated carbocycles. The monoisotopic (exact) mass is 317 g/mol. The first-order chi connectivity index (χ1) is 10.7. The molecule has 1 aliphatic heterocycles. The van der Waals surface area contributed by atoms with Gasteiger partial charge in [-0.2, -0.15) is 0 Å². The Balaban J connectivity index is 1.48. The summed E-state index contributed by atoms with van der Waals surface area (Å²) in [6, 6.07) is 8.61. The topological polar surface area (TPSA) is 70.1 Å². The standard InChI is InChI=1S/C15H19N5OS/c1-11(8-16-14(21)18-15-19-17-10-22-15)20-7-6-12-4-2-3-5-13(12)9-20/h2-5,10-11H,6-9H2,1H3,(H2,16,18,19,21)/t11-/m1/s1. The van der Waals surface area contributed by atoms with Crippen LogP contribution in [0.25, 0.3) is 0 Å². The molecule has 0 aliphatic carbocycles. The van der Waals surface area contributed by atoms with Crippen molar-refractivity contribution in [3.8, 4) is 0 Å². The van der Waals surface area contributed by atoms with Crippen molar-refractivity contribution in [2.75, 3.05) is 18.4 Å². The Morgan fingerprint density at radius 3 is 3.00 bits per heavy atom. The van der Waals surface area contributed by atoms with Gasteiger partial charge in [0.2, 0.25) is 5.13 Å². The molecule has 116 valence electrons. The molecule has 2 aromatic rings. The van der Waals surface area contributed by atoms with Gasteiger partial charge < -0.3 is 5.32 Å². The Morgan fingerprint density at radius 2 is 2.23 bits per heavy atom. The summed E-state index contributed by atoms with van der Waals surface area (Å²) < 4.78 is 0. The second-order valence-corrected chi connectivity index (χ2v) is 6.25. The van der Waals surface area contributed by atoms with Crippen molar-refractivity contribution >= 4 is 22.5 Å². The van der Waals surface area contributed by atoms with Crippen LogP contribution in [0.2, 0.25) is 0 Å². The fourth-order valence-corrected chi connectivity index (χ4v) is 3.07. The maximum Gasteiger partial charge on any atom is 0.321 e. The van der Waals surface area contributed by atoms with Gasteiger partial charge in [-0.15, -0.1) is 10.2 Å². The van der Waals surface area contributed by atoms with Crippen LogP contribution in [0.15, 0.2) is 29.8 Å². The van der Waals surface area contributed by atoms with E-state index in [4.69, 9.17) is 0 Å². The number of fused-ring (bicyclic) bond motifs is 1. The van der Waals surface area contributed by atoms with Crippen LogP contribution in [-0.2, 0) is 13.0 Å². The van der Waals surface area contributed by atoms with Gasteiger partial charge in [0.05, 0.1) is 0 Å². The molecular weight excluding hydrogens is 298 g/mol. The predicted molar refractivity (Wildman–Crippen MR) is 86.9 cm³/mol. The van der Waals surface area contributed by atoms with Gasteiger partial charge in [-0.25, -0.2) is 4.79 Å². The highest BCUT2D eigenvalue weighted by Gasteiger charge is 2.20. The van der Waals surface area contributed by atoms with Gasteiger partial charge in [-0.1, -0.05) is 35.6 Å². The van der Waals surface area contributed by atoms with Crippen molar-refractivity contribution < 1.29 is 4.79 Å². The van der Waals surface area contributed by atoms with Crippen molar-refractivity contribution in [1.82, 2.24) is 20.4 Å². The number of carbonyl (C=O) groups is 1. The van der Waals surface area contributed by atoms with E-state index in [0.29, 0.717) is 11.7 Å². The number of rotatable bonds is 4. The normalized spacial score (nSPS) is 15.9. The van der Waals surface area contributed by atoms with Crippen LogP contribution < -0.4 is 10.6 Å². The summed E-state index contributed by atoms with van der Waals surface area (Å²) in [4.78, 5) is 14.2. The molecule has 2 N–H and O–H groups in total. The molecule has 0 bridgehead atoms. The summed E-state index contributed by atoms with van der Waals surface area (Å²) in [6.07, 6.45) is 1.07. The lowest BCUT2D eigenvalue weighted by Crippen LogP contribution is -2.45. The number of benzene rings is 1. The molecule has 2 amide bonds. The molecule has 1 aromatic heterocycles. The molecule has 0 radical (unpaired) electrons. The zero-order valence-corrected chi connectivity index (χ0v) is 13.3. The fraction of sp³-hybridized carbons (Fsp3) is 0.400. The van der Waals surface area contributed by atoms with E-state index in [1.54, 1.807) is 5.51 Å².